The Balaban J connectivity index is 1.79. The van der Waals surface area contributed by atoms with Gasteiger partial charge in [0.1, 0.15) is 11.8 Å². The fourth-order valence-corrected chi connectivity index (χ4v) is 6.48. The monoisotopic (exact) mass is 559 g/mol. The van der Waals surface area contributed by atoms with Crippen LogP contribution < -0.4 is 19.6 Å². The quantitative estimate of drug-likeness (QED) is 0.305. The number of thiazole rings is 1. The average molecular weight is 560 g/mol. The van der Waals surface area contributed by atoms with Crippen LogP contribution in [0.2, 0.25) is 0 Å². The molecule has 0 radical (unpaired) electrons. The number of hydrogen-bond donors (Lipinski definition) is 0. The van der Waals surface area contributed by atoms with Crippen molar-refractivity contribution in [3.63, 3.8) is 0 Å². The standard InChI is InChI=1S/C31H33N3O5S/c1-7-39-30(36)26-19(3)32-31-34(28(26)27-23-11-9-8-10-21(23)12-13-24(27)38-6)29(35)25(40-31)17-22-16-18(2)33(20(22)4)14-15-37-5/h8-13,16-17,28H,7,14-15H2,1-6H3/t28-/m1/s1. The molecule has 208 valence electrons. The summed E-state index contributed by atoms with van der Waals surface area (Å²) in [6, 6.07) is 13.0. The highest BCUT2D eigenvalue weighted by Gasteiger charge is 2.36. The van der Waals surface area contributed by atoms with Crippen molar-refractivity contribution in [1.29, 1.82) is 0 Å². The molecule has 5 rings (SSSR count). The Labute approximate surface area is 236 Å². The third-order valence-corrected chi connectivity index (χ3v) is 8.34. The van der Waals surface area contributed by atoms with E-state index in [1.54, 1.807) is 32.6 Å². The number of aromatic nitrogens is 2. The van der Waals surface area contributed by atoms with Crippen molar-refractivity contribution >= 4 is 34.2 Å². The number of allylic oxidation sites excluding steroid dienone is 1. The largest absolute Gasteiger partial charge is 0.496 e. The summed E-state index contributed by atoms with van der Waals surface area (Å²) in [4.78, 5) is 32.8. The summed E-state index contributed by atoms with van der Waals surface area (Å²) in [6.07, 6.45) is 1.91. The van der Waals surface area contributed by atoms with Gasteiger partial charge in [0.25, 0.3) is 5.56 Å². The van der Waals surface area contributed by atoms with Crippen molar-refractivity contribution in [1.82, 2.24) is 9.13 Å². The Morgan fingerprint density at radius 3 is 2.62 bits per heavy atom. The molecule has 0 N–H and O–H groups in total. The molecule has 0 saturated heterocycles. The smallest absolute Gasteiger partial charge is 0.338 e. The molecule has 0 spiro atoms. The zero-order chi connectivity index (χ0) is 28.6. The molecule has 4 aromatic rings. The molecule has 1 aliphatic rings. The number of carbonyl (C=O) groups excluding carboxylic acids is 1. The first kappa shape index (κ1) is 27.6. The van der Waals surface area contributed by atoms with Gasteiger partial charge in [-0.15, -0.1) is 0 Å². The average Bonchev–Trinajstić information content (AvgIpc) is 3.39. The zero-order valence-corrected chi connectivity index (χ0v) is 24.4. The molecule has 2 aromatic carbocycles. The minimum atomic E-state index is -0.771. The Morgan fingerprint density at radius 1 is 1.12 bits per heavy atom. The van der Waals surface area contributed by atoms with E-state index in [9.17, 15) is 9.59 Å². The van der Waals surface area contributed by atoms with Gasteiger partial charge in [-0.25, -0.2) is 9.79 Å². The van der Waals surface area contributed by atoms with Crippen molar-refractivity contribution in [2.45, 2.75) is 40.3 Å². The molecule has 0 amide bonds. The summed E-state index contributed by atoms with van der Waals surface area (Å²) in [6.45, 7) is 9.17. The van der Waals surface area contributed by atoms with E-state index < -0.39 is 12.0 Å². The number of nitrogens with zero attached hydrogens (tertiary/aromatic N) is 3. The molecule has 8 nitrogen and oxygen atoms in total. The first-order valence-electron chi connectivity index (χ1n) is 13.2. The first-order valence-corrected chi connectivity index (χ1v) is 14.0. The summed E-state index contributed by atoms with van der Waals surface area (Å²) in [5, 5.41) is 1.86. The maximum atomic E-state index is 14.2. The number of esters is 1. The predicted octanol–water partition coefficient (Wildman–Crippen LogP) is 4.02. The van der Waals surface area contributed by atoms with Gasteiger partial charge in [0.05, 0.1) is 36.1 Å². The minimum absolute atomic E-state index is 0.206. The second kappa shape index (κ2) is 11.3. The molecule has 0 fully saturated rings. The molecule has 40 heavy (non-hydrogen) atoms. The lowest BCUT2D eigenvalue weighted by atomic mass is 9.90. The lowest BCUT2D eigenvalue weighted by Crippen LogP contribution is -2.40. The molecule has 2 aromatic heterocycles. The van der Waals surface area contributed by atoms with Gasteiger partial charge in [0, 0.05) is 30.6 Å². The SMILES string of the molecule is CCOC(=O)C1=C(C)N=c2sc(=Cc3cc(C)n(CCOC)c3C)c(=O)n2[C@H]1c1c(OC)ccc2ccccc12. The maximum Gasteiger partial charge on any atom is 0.338 e. The normalized spacial score (nSPS) is 15.3. The zero-order valence-electron chi connectivity index (χ0n) is 23.6. The Bertz CT molecular complexity index is 1830. The van der Waals surface area contributed by atoms with Crippen LogP contribution in [0.1, 0.15) is 42.4 Å². The number of benzene rings is 2. The molecule has 0 saturated carbocycles. The van der Waals surface area contributed by atoms with E-state index >= 15 is 0 Å². The van der Waals surface area contributed by atoms with Crippen LogP contribution in [0.5, 0.6) is 5.75 Å². The van der Waals surface area contributed by atoms with Gasteiger partial charge in [-0.3, -0.25) is 9.36 Å². The highest BCUT2D eigenvalue weighted by Crippen LogP contribution is 2.40. The van der Waals surface area contributed by atoms with Crippen molar-refractivity contribution < 1.29 is 19.0 Å². The van der Waals surface area contributed by atoms with Crippen LogP contribution in [-0.2, 0) is 20.8 Å². The van der Waals surface area contributed by atoms with Crippen LogP contribution in [0.4, 0.5) is 0 Å². The van der Waals surface area contributed by atoms with Gasteiger partial charge in [-0.05, 0) is 62.2 Å². The Hall–Kier alpha value is -3.95. The van der Waals surface area contributed by atoms with E-state index in [2.05, 4.69) is 10.6 Å². The van der Waals surface area contributed by atoms with Crippen molar-refractivity contribution in [2.75, 3.05) is 27.4 Å². The molecule has 0 aliphatic carbocycles. The first-order chi connectivity index (χ1) is 19.3. The van der Waals surface area contributed by atoms with Crippen molar-refractivity contribution in [3.8, 4) is 5.75 Å². The van der Waals surface area contributed by atoms with Gasteiger partial charge < -0.3 is 18.8 Å². The van der Waals surface area contributed by atoms with Gasteiger partial charge in [0.2, 0.25) is 0 Å². The summed E-state index contributed by atoms with van der Waals surface area (Å²) >= 11 is 1.31. The molecule has 9 heteroatoms. The third kappa shape index (κ3) is 4.69. The Morgan fingerprint density at radius 2 is 1.90 bits per heavy atom. The molecule has 0 unspecified atom stereocenters. The molecular formula is C31H33N3O5S. The number of hydrogen-bond acceptors (Lipinski definition) is 7. The van der Waals surface area contributed by atoms with Crippen LogP contribution in [-0.4, -0.2) is 42.5 Å². The number of rotatable bonds is 8. The molecule has 1 aliphatic heterocycles. The predicted molar refractivity (Wildman–Crippen MR) is 157 cm³/mol. The topological polar surface area (TPSA) is 84.0 Å². The van der Waals surface area contributed by atoms with Crippen molar-refractivity contribution in [3.05, 3.63) is 95.9 Å². The van der Waals surface area contributed by atoms with E-state index in [1.807, 2.05) is 56.3 Å². The summed E-state index contributed by atoms with van der Waals surface area (Å²) in [7, 11) is 3.28. The number of fused-ring (bicyclic) bond motifs is 2. The van der Waals surface area contributed by atoms with E-state index in [-0.39, 0.29) is 12.2 Å². The van der Waals surface area contributed by atoms with E-state index in [0.717, 1.165) is 39.8 Å². The molecule has 1 atom stereocenters. The van der Waals surface area contributed by atoms with Gasteiger partial charge >= 0.3 is 5.97 Å². The van der Waals surface area contributed by atoms with E-state index in [1.165, 1.54) is 11.3 Å². The minimum Gasteiger partial charge on any atom is -0.496 e. The van der Waals surface area contributed by atoms with E-state index in [0.29, 0.717) is 33.0 Å². The van der Waals surface area contributed by atoms with E-state index in [4.69, 9.17) is 19.2 Å². The lowest BCUT2D eigenvalue weighted by Gasteiger charge is -2.27. The highest BCUT2D eigenvalue weighted by molar-refractivity contribution is 7.07. The van der Waals surface area contributed by atoms with Crippen LogP contribution in [0.25, 0.3) is 16.8 Å². The highest BCUT2D eigenvalue weighted by atomic mass is 32.1. The van der Waals surface area contributed by atoms with Gasteiger partial charge in [-0.1, -0.05) is 41.7 Å². The number of aryl methyl sites for hydroxylation is 1. The van der Waals surface area contributed by atoms with Crippen LogP contribution in [0.15, 0.2) is 63.5 Å². The van der Waals surface area contributed by atoms with Gasteiger partial charge in [-0.2, -0.15) is 0 Å². The van der Waals surface area contributed by atoms with Gasteiger partial charge in [0.15, 0.2) is 4.80 Å². The second-order valence-corrected chi connectivity index (χ2v) is 10.7. The second-order valence-electron chi connectivity index (χ2n) is 9.68. The lowest BCUT2D eigenvalue weighted by molar-refractivity contribution is -0.139. The number of ether oxygens (including phenoxy) is 3. The number of methoxy groups -OCH3 is 2. The summed E-state index contributed by atoms with van der Waals surface area (Å²) in [5.41, 5.74) is 4.45. The molecule has 0 bridgehead atoms. The van der Waals surface area contributed by atoms with Crippen LogP contribution >= 0.6 is 11.3 Å². The Kier molecular flexibility index (Phi) is 7.78. The third-order valence-electron chi connectivity index (χ3n) is 7.36. The number of carbonyl (C=O) groups is 1. The molecule has 3 heterocycles. The maximum absolute atomic E-state index is 14.2. The summed E-state index contributed by atoms with van der Waals surface area (Å²) < 4.78 is 20.9. The molecular weight excluding hydrogens is 526 g/mol. The fraction of sp³-hybridized carbons (Fsp3) is 0.323. The fourth-order valence-electron chi connectivity index (χ4n) is 5.44. The van der Waals surface area contributed by atoms with Crippen molar-refractivity contribution in [2.24, 2.45) is 4.99 Å². The summed E-state index contributed by atoms with van der Waals surface area (Å²) in [5.74, 6) is 0.0798. The van der Waals surface area contributed by atoms with Crippen LogP contribution in [0, 0.1) is 13.8 Å². The van der Waals surface area contributed by atoms with Crippen LogP contribution in [0.3, 0.4) is 0 Å².